The molecule has 5 nitrogen and oxygen atoms in total. The Labute approximate surface area is 186 Å². The van der Waals surface area contributed by atoms with E-state index in [2.05, 4.69) is 17.3 Å². The number of hydrogen-bond acceptors (Lipinski definition) is 4. The molecule has 3 rings (SSSR count). The fourth-order valence-electron chi connectivity index (χ4n) is 3.68. The van der Waals surface area contributed by atoms with Gasteiger partial charge in [0.15, 0.2) is 0 Å². The molecule has 2 heterocycles. The minimum absolute atomic E-state index is 0.0513. The van der Waals surface area contributed by atoms with E-state index >= 15 is 0 Å². The Morgan fingerprint density at radius 3 is 2.66 bits per heavy atom. The molecule has 2 N–H and O–H groups in total. The standard InChI is InChI=1S/C21H27Cl2N3O2S/c1-13(24-21(28)26(3)15-6-9-25(2)10-7-15)16-4-5-17(19(23)18(16)22)20-14(12-27)8-11-29-20/h4-5,8,11,13,15,27H,6-7,9-10,12H2,1-3H3,(H,24,28). The molecule has 1 aromatic heterocycles. The predicted molar refractivity (Wildman–Crippen MR) is 121 cm³/mol. The molecule has 1 saturated heterocycles. The van der Waals surface area contributed by atoms with Crippen molar-refractivity contribution in [3.63, 3.8) is 0 Å². The maximum absolute atomic E-state index is 12.7. The van der Waals surface area contributed by atoms with Gasteiger partial charge in [0.05, 0.1) is 22.7 Å². The van der Waals surface area contributed by atoms with Gasteiger partial charge in [-0.2, -0.15) is 0 Å². The van der Waals surface area contributed by atoms with Crippen molar-refractivity contribution in [2.24, 2.45) is 0 Å². The van der Waals surface area contributed by atoms with Gasteiger partial charge in [-0.1, -0.05) is 35.3 Å². The van der Waals surface area contributed by atoms with Crippen LogP contribution in [0.15, 0.2) is 23.6 Å². The molecular weight excluding hydrogens is 429 g/mol. The van der Waals surface area contributed by atoms with Gasteiger partial charge in [-0.25, -0.2) is 4.79 Å². The van der Waals surface area contributed by atoms with Gasteiger partial charge in [0, 0.05) is 23.5 Å². The van der Waals surface area contributed by atoms with Gasteiger partial charge >= 0.3 is 6.03 Å². The third-order valence-corrected chi connectivity index (χ3v) is 7.52. The quantitative estimate of drug-likeness (QED) is 0.665. The van der Waals surface area contributed by atoms with Crippen molar-refractivity contribution in [3.05, 3.63) is 44.8 Å². The second-order valence-corrected chi connectivity index (χ2v) is 9.25. The van der Waals surface area contributed by atoms with Gasteiger partial charge in [-0.15, -0.1) is 11.3 Å². The summed E-state index contributed by atoms with van der Waals surface area (Å²) >= 11 is 14.6. The van der Waals surface area contributed by atoms with E-state index in [1.165, 1.54) is 11.3 Å². The monoisotopic (exact) mass is 455 g/mol. The van der Waals surface area contributed by atoms with Gasteiger partial charge in [-0.05, 0) is 62.5 Å². The molecule has 2 aromatic rings. The van der Waals surface area contributed by atoms with Gasteiger partial charge in [-0.3, -0.25) is 0 Å². The summed E-state index contributed by atoms with van der Waals surface area (Å²) in [5, 5.41) is 15.3. The molecule has 1 aliphatic rings. The number of halogens is 2. The highest BCUT2D eigenvalue weighted by Gasteiger charge is 2.26. The molecule has 1 aliphatic heterocycles. The second kappa shape index (κ2) is 9.67. The normalized spacial score (nSPS) is 16.6. The summed E-state index contributed by atoms with van der Waals surface area (Å²) in [7, 11) is 3.95. The first-order valence-electron chi connectivity index (χ1n) is 9.70. The van der Waals surface area contributed by atoms with E-state index < -0.39 is 0 Å². The van der Waals surface area contributed by atoms with Crippen LogP contribution in [0.2, 0.25) is 10.0 Å². The number of nitrogens with zero attached hydrogens (tertiary/aromatic N) is 2. The van der Waals surface area contributed by atoms with Gasteiger partial charge in [0.1, 0.15) is 0 Å². The highest BCUT2D eigenvalue weighted by molar-refractivity contribution is 7.13. The molecule has 1 fully saturated rings. The smallest absolute Gasteiger partial charge is 0.317 e. The lowest BCUT2D eigenvalue weighted by atomic mass is 10.0. The molecule has 0 saturated carbocycles. The molecule has 158 valence electrons. The zero-order valence-electron chi connectivity index (χ0n) is 16.9. The minimum atomic E-state index is -0.282. The Morgan fingerprint density at radius 2 is 2.00 bits per heavy atom. The van der Waals surface area contributed by atoms with Crippen LogP contribution in [-0.2, 0) is 6.61 Å². The number of likely N-dealkylation sites (tertiary alicyclic amines) is 1. The average Bonchev–Trinajstić information content (AvgIpc) is 3.18. The van der Waals surface area contributed by atoms with Gasteiger partial charge in [0.2, 0.25) is 0 Å². The number of urea groups is 1. The fourth-order valence-corrected chi connectivity index (χ4v) is 5.28. The largest absolute Gasteiger partial charge is 0.392 e. The number of rotatable bonds is 5. The number of benzene rings is 1. The predicted octanol–water partition coefficient (Wildman–Crippen LogP) is 5.01. The number of hydrogen-bond donors (Lipinski definition) is 2. The maximum atomic E-state index is 12.7. The molecule has 0 aliphatic carbocycles. The van der Waals surface area contributed by atoms with Crippen LogP contribution in [0.1, 0.15) is 36.9 Å². The summed E-state index contributed by atoms with van der Waals surface area (Å²) in [5.74, 6) is 0. The highest BCUT2D eigenvalue weighted by atomic mass is 35.5. The van der Waals surface area contributed by atoms with Crippen molar-refractivity contribution in [1.29, 1.82) is 0 Å². The van der Waals surface area contributed by atoms with E-state index in [1.807, 2.05) is 37.6 Å². The van der Waals surface area contributed by atoms with Gasteiger partial charge in [0.25, 0.3) is 0 Å². The van der Waals surface area contributed by atoms with E-state index in [9.17, 15) is 9.90 Å². The van der Waals surface area contributed by atoms with Crippen LogP contribution in [0.25, 0.3) is 10.4 Å². The summed E-state index contributed by atoms with van der Waals surface area (Å²) in [5.41, 5.74) is 2.39. The SMILES string of the molecule is CC(NC(=O)N(C)C1CCN(C)CC1)c1ccc(-c2sccc2CO)c(Cl)c1Cl. The number of aliphatic hydroxyl groups excluding tert-OH is 1. The fraction of sp³-hybridized carbons (Fsp3) is 0.476. The van der Waals surface area contributed by atoms with Gasteiger partial charge < -0.3 is 20.2 Å². The Hall–Kier alpha value is -1.31. The summed E-state index contributed by atoms with van der Waals surface area (Å²) < 4.78 is 0. The molecular formula is C21H27Cl2N3O2S. The minimum Gasteiger partial charge on any atom is -0.392 e. The Kier molecular flexibility index (Phi) is 7.46. The van der Waals surface area contributed by atoms with E-state index in [4.69, 9.17) is 23.2 Å². The van der Waals surface area contributed by atoms with Crippen molar-refractivity contribution >= 4 is 40.6 Å². The Balaban J connectivity index is 1.73. The number of piperidine rings is 1. The molecule has 29 heavy (non-hydrogen) atoms. The number of carbonyl (C=O) groups is 1. The summed E-state index contributed by atoms with van der Waals surface area (Å²) in [6.07, 6.45) is 1.95. The highest BCUT2D eigenvalue weighted by Crippen LogP contribution is 2.41. The van der Waals surface area contributed by atoms with Crippen LogP contribution >= 0.6 is 34.5 Å². The van der Waals surface area contributed by atoms with Crippen molar-refractivity contribution < 1.29 is 9.90 Å². The number of thiophene rings is 1. The lowest BCUT2D eigenvalue weighted by Gasteiger charge is -2.35. The molecule has 1 atom stereocenters. The Morgan fingerprint density at radius 1 is 1.31 bits per heavy atom. The summed E-state index contributed by atoms with van der Waals surface area (Å²) in [4.78, 5) is 17.7. The van der Waals surface area contributed by atoms with Crippen LogP contribution < -0.4 is 5.32 Å². The third kappa shape index (κ3) is 4.89. The van der Waals surface area contributed by atoms with E-state index in [1.54, 1.807) is 4.90 Å². The van der Waals surface area contributed by atoms with Crippen LogP contribution in [0.3, 0.4) is 0 Å². The topological polar surface area (TPSA) is 55.8 Å². The molecule has 0 spiro atoms. The van der Waals surface area contributed by atoms with Crippen molar-refractivity contribution in [3.8, 4) is 10.4 Å². The van der Waals surface area contributed by atoms with Crippen LogP contribution in [0.5, 0.6) is 0 Å². The molecule has 1 unspecified atom stereocenters. The first-order chi connectivity index (χ1) is 13.8. The number of nitrogens with one attached hydrogen (secondary N) is 1. The third-order valence-electron chi connectivity index (χ3n) is 5.64. The summed E-state index contributed by atoms with van der Waals surface area (Å²) in [6.45, 7) is 3.85. The zero-order chi connectivity index (χ0) is 21.1. The molecule has 2 amide bonds. The second-order valence-electron chi connectivity index (χ2n) is 7.58. The van der Waals surface area contributed by atoms with Crippen molar-refractivity contribution in [2.45, 2.75) is 38.5 Å². The lowest BCUT2D eigenvalue weighted by molar-refractivity contribution is 0.146. The average molecular weight is 456 g/mol. The molecule has 0 bridgehead atoms. The molecule has 0 radical (unpaired) electrons. The number of amides is 2. The first kappa shape index (κ1) is 22.4. The van der Waals surface area contributed by atoms with Crippen LogP contribution in [0.4, 0.5) is 4.79 Å². The zero-order valence-corrected chi connectivity index (χ0v) is 19.2. The lowest BCUT2D eigenvalue weighted by Crippen LogP contribution is -2.48. The molecule has 8 heteroatoms. The van der Waals surface area contributed by atoms with E-state index in [-0.39, 0.29) is 24.7 Å². The van der Waals surface area contributed by atoms with E-state index in [0.29, 0.717) is 10.0 Å². The maximum Gasteiger partial charge on any atom is 0.317 e. The first-order valence-corrected chi connectivity index (χ1v) is 11.3. The number of carbonyl (C=O) groups excluding carboxylic acids is 1. The Bertz CT molecular complexity index is 866. The molecule has 1 aromatic carbocycles. The van der Waals surface area contributed by atoms with Crippen LogP contribution in [0, 0.1) is 0 Å². The summed E-state index contributed by atoms with van der Waals surface area (Å²) in [6, 6.07) is 5.53. The number of aliphatic hydroxyl groups is 1. The van der Waals surface area contributed by atoms with Crippen LogP contribution in [-0.4, -0.2) is 54.2 Å². The van der Waals surface area contributed by atoms with E-state index in [0.717, 1.165) is 47.5 Å². The van der Waals surface area contributed by atoms with Crippen molar-refractivity contribution in [2.75, 3.05) is 27.2 Å². The van der Waals surface area contributed by atoms with Crippen molar-refractivity contribution in [1.82, 2.24) is 15.1 Å².